The van der Waals surface area contributed by atoms with Crippen LogP contribution in [0.3, 0.4) is 0 Å². The zero-order chi connectivity index (χ0) is 23.4. The highest BCUT2D eigenvalue weighted by atomic mass is 35.5. The van der Waals surface area contributed by atoms with Gasteiger partial charge in [0.1, 0.15) is 0 Å². The normalized spacial score (nSPS) is 30.9. The molecule has 0 amide bonds. The van der Waals surface area contributed by atoms with Crippen molar-refractivity contribution in [3.05, 3.63) is 34.3 Å². The number of halogens is 4. The topological polar surface area (TPSA) is 57.6 Å². The van der Waals surface area contributed by atoms with Crippen molar-refractivity contribution in [3.8, 4) is 0 Å². The van der Waals surface area contributed by atoms with Gasteiger partial charge in [0.05, 0.1) is 11.5 Å². The maximum Gasteiger partial charge on any atom is 0.417 e. The number of benzene rings is 1. The molecule has 0 aromatic heterocycles. The summed E-state index contributed by atoms with van der Waals surface area (Å²) >= 11 is 6.52. The van der Waals surface area contributed by atoms with E-state index in [2.05, 4.69) is 11.8 Å². The van der Waals surface area contributed by atoms with Crippen molar-refractivity contribution in [2.45, 2.75) is 63.1 Å². The molecule has 3 aliphatic rings. The summed E-state index contributed by atoms with van der Waals surface area (Å²) in [7, 11) is -2.82. The summed E-state index contributed by atoms with van der Waals surface area (Å²) in [6.45, 7) is 4.86. The largest absolute Gasteiger partial charge is 0.417 e. The van der Waals surface area contributed by atoms with Gasteiger partial charge >= 0.3 is 6.18 Å². The Balaban J connectivity index is 1.30. The van der Waals surface area contributed by atoms with Gasteiger partial charge in [0.25, 0.3) is 0 Å². The standard InChI is InChI=1S/C23H31ClF3NO3S/c1-16(12-28-9-8-21(13-28)14-32(30,31)15-21)10-17-2-3-19(20(24)11-17)18-4-6-22(29,7-5-18)23(25,26)27/h2-3,11,16,18,29H,4-10,12-15H2,1H3/t16-,18-,22+/m0/s1. The molecule has 2 saturated heterocycles. The van der Waals surface area contributed by atoms with Crippen LogP contribution in [0.25, 0.3) is 0 Å². The molecule has 2 heterocycles. The molecular weight excluding hydrogens is 463 g/mol. The highest BCUT2D eigenvalue weighted by molar-refractivity contribution is 7.92. The Hall–Kier alpha value is -0.830. The van der Waals surface area contributed by atoms with Gasteiger partial charge in [-0.25, -0.2) is 8.42 Å². The van der Waals surface area contributed by atoms with Crippen LogP contribution in [0.1, 0.15) is 56.1 Å². The molecule has 1 aliphatic carbocycles. The SMILES string of the molecule is C[C@@H](Cc1ccc([C@H]2CC[C@](O)(C(F)(F)F)CC2)c(Cl)c1)CN1CCC2(C1)CS(=O)(=O)C2. The van der Waals surface area contributed by atoms with Crippen LogP contribution in [0.2, 0.25) is 5.02 Å². The molecule has 2 aliphatic heterocycles. The second-order valence-electron chi connectivity index (χ2n) is 10.5. The number of hydrogen-bond acceptors (Lipinski definition) is 4. The molecule has 1 atom stereocenters. The molecule has 4 rings (SSSR count). The number of alkyl halides is 3. The first-order chi connectivity index (χ1) is 14.8. The number of likely N-dealkylation sites (tertiary alicyclic amines) is 1. The van der Waals surface area contributed by atoms with Crippen molar-refractivity contribution < 1.29 is 26.7 Å². The molecule has 1 aromatic rings. The average Bonchev–Trinajstić information content (AvgIpc) is 3.03. The molecule has 9 heteroatoms. The minimum Gasteiger partial charge on any atom is -0.380 e. The summed E-state index contributed by atoms with van der Waals surface area (Å²) in [5, 5.41) is 10.5. The van der Waals surface area contributed by atoms with E-state index in [4.69, 9.17) is 11.6 Å². The Kier molecular flexibility index (Phi) is 6.40. The molecule has 32 heavy (non-hydrogen) atoms. The van der Waals surface area contributed by atoms with Crippen LogP contribution >= 0.6 is 11.6 Å². The predicted octanol–water partition coefficient (Wildman–Crippen LogP) is 4.59. The lowest BCUT2D eigenvalue weighted by molar-refractivity contribution is -0.270. The summed E-state index contributed by atoms with van der Waals surface area (Å²) < 4.78 is 62.3. The lowest BCUT2D eigenvalue weighted by Crippen LogP contribution is -2.50. The van der Waals surface area contributed by atoms with Gasteiger partial charge < -0.3 is 10.0 Å². The third kappa shape index (κ3) is 4.98. The van der Waals surface area contributed by atoms with Crippen molar-refractivity contribution >= 4 is 21.4 Å². The fraction of sp³-hybridized carbons (Fsp3) is 0.739. The summed E-state index contributed by atoms with van der Waals surface area (Å²) in [5.41, 5.74) is -0.653. The lowest BCUT2D eigenvalue weighted by atomic mass is 9.75. The maximum absolute atomic E-state index is 13.0. The quantitative estimate of drug-likeness (QED) is 0.651. The first-order valence-corrected chi connectivity index (χ1v) is 13.5. The third-order valence-electron chi connectivity index (χ3n) is 7.57. The van der Waals surface area contributed by atoms with Gasteiger partial charge in [0.15, 0.2) is 15.4 Å². The van der Waals surface area contributed by atoms with Gasteiger partial charge in [-0.2, -0.15) is 13.2 Å². The monoisotopic (exact) mass is 493 g/mol. The minimum absolute atomic E-state index is 0.0260. The number of rotatable bonds is 5. The highest BCUT2D eigenvalue weighted by Gasteiger charge is 2.55. The third-order valence-corrected chi connectivity index (χ3v) is 10.0. The summed E-state index contributed by atoms with van der Waals surface area (Å²) in [4.78, 5) is 2.36. The van der Waals surface area contributed by atoms with E-state index >= 15 is 0 Å². The summed E-state index contributed by atoms with van der Waals surface area (Å²) in [6, 6.07) is 5.85. The van der Waals surface area contributed by atoms with Crippen LogP contribution in [0.4, 0.5) is 13.2 Å². The van der Waals surface area contributed by atoms with E-state index in [9.17, 15) is 26.7 Å². The van der Waals surface area contributed by atoms with Crippen molar-refractivity contribution in [2.75, 3.05) is 31.1 Å². The Bertz CT molecular complexity index is 946. The second-order valence-corrected chi connectivity index (χ2v) is 13.0. The Morgan fingerprint density at radius 3 is 2.44 bits per heavy atom. The van der Waals surface area contributed by atoms with Gasteiger partial charge in [0.2, 0.25) is 0 Å². The molecule has 1 N–H and O–H groups in total. The zero-order valence-corrected chi connectivity index (χ0v) is 19.9. The molecular formula is C23H31ClF3NO3S. The van der Waals surface area contributed by atoms with Gasteiger partial charge in [-0.05, 0) is 74.1 Å². The summed E-state index contributed by atoms with van der Waals surface area (Å²) in [5.74, 6) is 0.948. The Labute approximate surface area is 193 Å². The maximum atomic E-state index is 13.0. The second kappa shape index (κ2) is 8.43. The van der Waals surface area contributed by atoms with Gasteiger partial charge in [-0.3, -0.25) is 0 Å². The summed E-state index contributed by atoms with van der Waals surface area (Å²) in [6.07, 6.45) is -2.88. The van der Waals surface area contributed by atoms with E-state index in [-0.39, 0.29) is 37.0 Å². The van der Waals surface area contributed by atoms with Crippen LogP contribution in [-0.2, 0) is 16.3 Å². The van der Waals surface area contributed by atoms with Gasteiger partial charge in [0, 0.05) is 23.5 Å². The Morgan fingerprint density at radius 2 is 1.88 bits per heavy atom. The van der Waals surface area contributed by atoms with Crippen molar-refractivity contribution in [3.63, 3.8) is 0 Å². The number of aliphatic hydroxyl groups is 1. The molecule has 0 radical (unpaired) electrons. The Morgan fingerprint density at radius 1 is 1.22 bits per heavy atom. The molecule has 3 fully saturated rings. The fourth-order valence-corrected chi connectivity index (χ4v) is 8.55. The van der Waals surface area contributed by atoms with E-state index < -0.39 is 21.6 Å². The van der Waals surface area contributed by atoms with Crippen LogP contribution < -0.4 is 0 Å². The first-order valence-electron chi connectivity index (χ1n) is 11.3. The van der Waals surface area contributed by atoms with Gasteiger partial charge in [-0.1, -0.05) is 30.7 Å². The van der Waals surface area contributed by atoms with Crippen molar-refractivity contribution in [1.29, 1.82) is 0 Å². The molecule has 1 spiro atoms. The van der Waals surface area contributed by atoms with E-state index in [0.717, 1.165) is 43.6 Å². The number of hydrogen-bond donors (Lipinski definition) is 1. The van der Waals surface area contributed by atoms with Gasteiger partial charge in [-0.15, -0.1) is 0 Å². The smallest absolute Gasteiger partial charge is 0.380 e. The van der Waals surface area contributed by atoms with E-state index in [1.54, 1.807) is 0 Å². The molecule has 0 unspecified atom stereocenters. The number of nitrogens with zero attached hydrogens (tertiary/aromatic N) is 1. The molecule has 1 saturated carbocycles. The van der Waals surface area contributed by atoms with E-state index in [0.29, 0.717) is 22.4 Å². The minimum atomic E-state index is -4.59. The zero-order valence-electron chi connectivity index (χ0n) is 18.3. The highest BCUT2D eigenvalue weighted by Crippen LogP contribution is 2.47. The molecule has 1 aromatic carbocycles. The lowest BCUT2D eigenvalue weighted by Gasteiger charge is -2.37. The van der Waals surface area contributed by atoms with Crippen LogP contribution in [-0.4, -0.2) is 61.3 Å². The molecule has 4 nitrogen and oxygen atoms in total. The average molecular weight is 494 g/mol. The van der Waals surface area contributed by atoms with Crippen LogP contribution in [0.15, 0.2) is 18.2 Å². The molecule has 0 bridgehead atoms. The van der Waals surface area contributed by atoms with Crippen molar-refractivity contribution in [2.24, 2.45) is 11.3 Å². The first kappa shape index (κ1) is 24.3. The van der Waals surface area contributed by atoms with E-state index in [1.807, 2.05) is 18.2 Å². The van der Waals surface area contributed by atoms with E-state index in [1.165, 1.54) is 0 Å². The van der Waals surface area contributed by atoms with Crippen LogP contribution in [0.5, 0.6) is 0 Å². The number of sulfone groups is 1. The molecule has 180 valence electrons. The van der Waals surface area contributed by atoms with Crippen molar-refractivity contribution in [1.82, 2.24) is 4.90 Å². The fourth-order valence-electron chi connectivity index (χ4n) is 5.94. The predicted molar refractivity (Wildman–Crippen MR) is 119 cm³/mol. The van der Waals surface area contributed by atoms with Crippen LogP contribution in [0, 0.1) is 11.3 Å².